The molecule has 22 heavy (non-hydrogen) atoms. The first-order chi connectivity index (χ1) is 10.7. The van der Waals surface area contributed by atoms with Gasteiger partial charge in [0.2, 0.25) is 5.91 Å². The van der Waals surface area contributed by atoms with Crippen LogP contribution in [0, 0.1) is 5.92 Å². The van der Waals surface area contributed by atoms with Gasteiger partial charge in [0, 0.05) is 18.2 Å². The summed E-state index contributed by atoms with van der Waals surface area (Å²) in [6.07, 6.45) is 4.41. The topological polar surface area (TPSA) is 41.6 Å². The molecule has 0 spiro atoms. The molecule has 0 heterocycles. The summed E-state index contributed by atoms with van der Waals surface area (Å²) in [7, 11) is 0. The molecule has 0 radical (unpaired) electrons. The van der Waals surface area contributed by atoms with Crippen LogP contribution in [0.1, 0.15) is 39.5 Å². The molecule has 0 aromatic heterocycles. The number of hydrogen-bond acceptors (Lipinski definition) is 3. The third-order valence-corrected chi connectivity index (χ3v) is 4.42. The summed E-state index contributed by atoms with van der Waals surface area (Å²) >= 11 is 0. The molecule has 4 heteroatoms. The highest BCUT2D eigenvalue weighted by Gasteiger charge is 2.22. The number of likely N-dealkylation sites (N-methyl/N-ethyl adjacent to an activating group) is 1. The van der Waals surface area contributed by atoms with Gasteiger partial charge in [0.25, 0.3) is 0 Å². The lowest BCUT2D eigenvalue weighted by Gasteiger charge is -2.18. The third-order valence-electron chi connectivity index (χ3n) is 4.42. The molecule has 1 aliphatic rings. The number of anilines is 1. The quantitative estimate of drug-likeness (QED) is 0.799. The van der Waals surface area contributed by atoms with Gasteiger partial charge in [-0.3, -0.25) is 4.79 Å². The van der Waals surface area contributed by atoms with Gasteiger partial charge < -0.3 is 15.0 Å². The third kappa shape index (κ3) is 5.02. The van der Waals surface area contributed by atoms with Gasteiger partial charge >= 0.3 is 0 Å². The first kappa shape index (κ1) is 16.8. The molecular weight excluding hydrogens is 276 g/mol. The van der Waals surface area contributed by atoms with E-state index in [1.807, 2.05) is 24.3 Å². The van der Waals surface area contributed by atoms with Crippen LogP contribution in [-0.2, 0) is 4.79 Å². The molecule has 1 aromatic rings. The standard InChI is InChI=1S/C18H28N2O2/c1-3-20(4-2)13-14-22-17-11-9-16(10-12-17)19-18(21)15-7-5-6-8-15/h9-12,15H,3-8,13-14H2,1-2H3,(H,19,21). The van der Waals surface area contributed by atoms with Crippen LogP contribution in [0.3, 0.4) is 0 Å². The van der Waals surface area contributed by atoms with E-state index >= 15 is 0 Å². The summed E-state index contributed by atoms with van der Waals surface area (Å²) in [5.41, 5.74) is 0.855. The highest BCUT2D eigenvalue weighted by atomic mass is 16.5. The zero-order chi connectivity index (χ0) is 15.8. The summed E-state index contributed by atoms with van der Waals surface area (Å²) in [6.45, 7) is 8.04. The molecule has 1 aromatic carbocycles. The van der Waals surface area contributed by atoms with Crippen LogP contribution >= 0.6 is 0 Å². The molecule has 1 N–H and O–H groups in total. The highest BCUT2D eigenvalue weighted by Crippen LogP contribution is 2.26. The van der Waals surface area contributed by atoms with Crippen LogP contribution in [-0.4, -0.2) is 37.0 Å². The van der Waals surface area contributed by atoms with Crippen LogP contribution in [0.5, 0.6) is 5.75 Å². The Morgan fingerprint density at radius 3 is 2.41 bits per heavy atom. The fraction of sp³-hybridized carbons (Fsp3) is 0.611. The van der Waals surface area contributed by atoms with Crippen molar-refractivity contribution in [3.63, 3.8) is 0 Å². The second kappa shape index (κ2) is 8.79. The number of nitrogens with zero attached hydrogens (tertiary/aromatic N) is 1. The number of amides is 1. The minimum Gasteiger partial charge on any atom is -0.492 e. The molecule has 1 saturated carbocycles. The molecule has 0 bridgehead atoms. The van der Waals surface area contributed by atoms with Gasteiger partial charge in [-0.15, -0.1) is 0 Å². The second-order valence-electron chi connectivity index (χ2n) is 5.87. The Morgan fingerprint density at radius 2 is 1.82 bits per heavy atom. The van der Waals surface area contributed by atoms with E-state index in [-0.39, 0.29) is 11.8 Å². The second-order valence-corrected chi connectivity index (χ2v) is 5.87. The molecule has 0 atom stereocenters. The maximum atomic E-state index is 12.1. The van der Waals surface area contributed by atoms with Crippen molar-refractivity contribution in [1.82, 2.24) is 4.90 Å². The smallest absolute Gasteiger partial charge is 0.227 e. The van der Waals surface area contributed by atoms with Crippen LogP contribution < -0.4 is 10.1 Å². The number of carbonyl (C=O) groups is 1. The monoisotopic (exact) mass is 304 g/mol. The fourth-order valence-electron chi connectivity index (χ4n) is 2.90. The average Bonchev–Trinajstić information content (AvgIpc) is 3.08. The predicted octanol–water partition coefficient (Wildman–Crippen LogP) is 3.54. The number of hydrogen-bond donors (Lipinski definition) is 1. The van der Waals surface area contributed by atoms with E-state index in [0.717, 1.165) is 43.9 Å². The van der Waals surface area contributed by atoms with Crippen molar-refractivity contribution >= 4 is 11.6 Å². The number of carbonyl (C=O) groups excluding carboxylic acids is 1. The van der Waals surface area contributed by atoms with Crippen LogP contribution in [0.25, 0.3) is 0 Å². The van der Waals surface area contributed by atoms with E-state index < -0.39 is 0 Å². The number of nitrogens with one attached hydrogen (secondary N) is 1. The normalized spacial score (nSPS) is 15.2. The Labute approximate surface area is 133 Å². The lowest BCUT2D eigenvalue weighted by molar-refractivity contribution is -0.119. The lowest BCUT2D eigenvalue weighted by atomic mass is 10.1. The Balaban J connectivity index is 1.76. The molecule has 1 amide bonds. The van der Waals surface area contributed by atoms with Crippen molar-refractivity contribution in [1.29, 1.82) is 0 Å². The van der Waals surface area contributed by atoms with Crippen LogP contribution in [0.4, 0.5) is 5.69 Å². The van der Waals surface area contributed by atoms with Gasteiger partial charge in [-0.25, -0.2) is 0 Å². The number of rotatable bonds is 8. The first-order valence-corrected chi connectivity index (χ1v) is 8.49. The van der Waals surface area contributed by atoms with E-state index in [9.17, 15) is 4.79 Å². The maximum Gasteiger partial charge on any atom is 0.227 e. The van der Waals surface area contributed by atoms with E-state index in [1.54, 1.807) is 0 Å². The predicted molar refractivity (Wildman–Crippen MR) is 90.3 cm³/mol. The molecule has 4 nitrogen and oxygen atoms in total. The van der Waals surface area contributed by atoms with Gasteiger partial charge in [-0.05, 0) is 50.2 Å². The molecular formula is C18H28N2O2. The van der Waals surface area contributed by atoms with Crippen LogP contribution in [0.2, 0.25) is 0 Å². The minimum atomic E-state index is 0.160. The van der Waals surface area contributed by atoms with Crippen molar-refractivity contribution in [2.75, 3.05) is 31.6 Å². The Bertz CT molecular complexity index is 449. The molecule has 122 valence electrons. The van der Waals surface area contributed by atoms with Crippen molar-refractivity contribution in [2.24, 2.45) is 5.92 Å². The largest absolute Gasteiger partial charge is 0.492 e. The van der Waals surface area contributed by atoms with Crippen molar-refractivity contribution in [3.8, 4) is 5.75 Å². The van der Waals surface area contributed by atoms with Crippen molar-refractivity contribution in [2.45, 2.75) is 39.5 Å². The summed E-state index contributed by atoms with van der Waals surface area (Å²) in [4.78, 5) is 14.4. The minimum absolute atomic E-state index is 0.160. The SMILES string of the molecule is CCN(CC)CCOc1ccc(NC(=O)C2CCCC2)cc1. The zero-order valence-corrected chi connectivity index (χ0v) is 13.8. The average molecular weight is 304 g/mol. The Kier molecular flexibility index (Phi) is 6.72. The highest BCUT2D eigenvalue weighted by molar-refractivity contribution is 5.92. The van der Waals surface area contributed by atoms with Gasteiger partial charge in [0.15, 0.2) is 0 Å². The number of benzene rings is 1. The fourth-order valence-corrected chi connectivity index (χ4v) is 2.90. The molecule has 0 saturated heterocycles. The summed E-state index contributed by atoms with van der Waals surface area (Å²) in [6, 6.07) is 7.68. The number of ether oxygens (including phenoxy) is 1. The van der Waals surface area contributed by atoms with Gasteiger partial charge in [-0.2, -0.15) is 0 Å². The Morgan fingerprint density at radius 1 is 1.18 bits per heavy atom. The van der Waals surface area contributed by atoms with E-state index in [1.165, 1.54) is 12.8 Å². The summed E-state index contributed by atoms with van der Waals surface area (Å²) < 4.78 is 5.75. The van der Waals surface area contributed by atoms with E-state index in [0.29, 0.717) is 6.61 Å². The molecule has 1 fully saturated rings. The van der Waals surface area contributed by atoms with Crippen molar-refractivity contribution < 1.29 is 9.53 Å². The lowest BCUT2D eigenvalue weighted by Crippen LogP contribution is -2.27. The molecule has 1 aliphatic carbocycles. The Hall–Kier alpha value is -1.55. The van der Waals surface area contributed by atoms with Gasteiger partial charge in [0.05, 0.1) is 0 Å². The van der Waals surface area contributed by atoms with Gasteiger partial charge in [-0.1, -0.05) is 26.7 Å². The van der Waals surface area contributed by atoms with Crippen molar-refractivity contribution in [3.05, 3.63) is 24.3 Å². The van der Waals surface area contributed by atoms with Crippen LogP contribution in [0.15, 0.2) is 24.3 Å². The molecule has 0 unspecified atom stereocenters. The maximum absolute atomic E-state index is 12.1. The van der Waals surface area contributed by atoms with E-state index in [2.05, 4.69) is 24.1 Å². The molecule has 2 rings (SSSR count). The summed E-state index contributed by atoms with van der Waals surface area (Å²) in [5.74, 6) is 1.21. The van der Waals surface area contributed by atoms with E-state index in [4.69, 9.17) is 4.74 Å². The molecule has 0 aliphatic heterocycles. The van der Waals surface area contributed by atoms with Gasteiger partial charge in [0.1, 0.15) is 12.4 Å². The zero-order valence-electron chi connectivity index (χ0n) is 13.8. The summed E-state index contributed by atoms with van der Waals surface area (Å²) in [5, 5.41) is 3.00. The first-order valence-electron chi connectivity index (χ1n) is 8.49.